The lowest BCUT2D eigenvalue weighted by molar-refractivity contribution is 0.0606. The molecule has 1 saturated heterocycles. The minimum atomic E-state index is -3.20. The molecule has 30 heavy (non-hydrogen) atoms. The van der Waals surface area contributed by atoms with E-state index in [2.05, 4.69) is 4.98 Å². The van der Waals surface area contributed by atoms with Crippen molar-refractivity contribution in [3.63, 3.8) is 0 Å². The van der Waals surface area contributed by atoms with Gasteiger partial charge in [-0.15, -0.1) is 0 Å². The average molecular weight is 433 g/mol. The number of aromatic nitrogens is 1. The molecule has 0 spiro atoms. The van der Waals surface area contributed by atoms with Crippen molar-refractivity contribution in [2.45, 2.75) is 37.7 Å². The third-order valence-corrected chi connectivity index (χ3v) is 6.16. The van der Waals surface area contributed by atoms with Crippen LogP contribution >= 0.6 is 0 Å². The van der Waals surface area contributed by atoms with Crippen molar-refractivity contribution in [2.24, 2.45) is 5.92 Å². The van der Waals surface area contributed by atoms with Gasteiger partial charge in [-0.25, -0.2) is 18.2 Å². The number of piperidine rings is 1. The molecule has 162 valence electrons. The van der Waals surface area contributed by atoms with Crippen molar-refractivity contribution >= 4 is 15.9 Å². The highest BCUT2D eigenvalue weighted by molar-refractivity contribution is 7.90. The van der Waals surface area contributed by atoms with Crippen LogP contribution in [-0.4, -0.2) is 56.5 Å². The Kier molecular flexibility index (Phi) is 6.97. The van der Waals surface area contributed by atoms with E-state index in [0.717, 1.165) is 24.0 Å². The summed E-state index contributed by atoms with van der Waals surface area (Å²) >= 11 is 0. The number of rotatable bonds is 6. The molecule has 1 aliphatic rings. The van der Waals surface area contributed by atoms with Gasteiger partial charge < -0.3 is 14.4 Å². The summed E-state index contributed by atoms with van der Waals surface area (Å²) in [6.45, 7) is 5.61. The first-order valence-corrected chi connectivity index (χ1v) is 12.0. The molecule has 1 amide bonds. The molecule has 0 aliphatic carbocycles. The SMILES string of the molecule is CC(C)OC(=O)N1CCC(COc2ccc(-c3ccc(S(C)(=O)=O)cc3)cn2)CC1. The second kappa shape index (κ2) is 9.47. The van der Waals surface area contributed by atoms with Crippen molar-refractivity contribution in [2.75, 3.05) is 26.0 Å². The van der Waals surface area contributed by atoms with Crippen LogP contribution in [0, 0.1) is 5.92 Å². The molecule has 1 fully saturated rings. The lowest BCUT2D eigenvalue weighted by atomic mass is 9.98. The quantitative estimate of drug-likeness (QED) is 0.690. The minimum absolute atomic E-state index is 0.106. The number of carbonyl (C=O) groups excluding carboxylic acids is 1. The summed E-state index contributed by atoms with van der Waals surface area (Å²) in [7, 11) is -3.20. The third-order valence-electron chi connectivity index (χ3n) is 5.03. The van der Waals surface area contributed by atoms with Crippen LogP contribution in [0.3, 0.4) is 0 Å². The van der Waals surface area contributed by atoms with Gasteiger partial charge in [-0.3, -0.25) is 0 Å². The van der Waals surface area contributed by atoms with E-state index < -0.39 is 9.84 Å². The highest BCUT2D eigenvalue weighted by Crippen LogP contribution is 2.23. The van der Waals surface area contributed by atoms with E-state index in [-0.39, 0.29) is 12.2 Å². The number of ether oxygens (including phenoxy) is 2. The summed E-state index contributed by atoms with van der Waals surface area (Å²) in [4.78, 5) is 18.3. The van der Waals surface area contributed by atoms with Crippen LogP contribution in [0.25, 0.3) is 11.1 Å². The lowest BCUT2D eigenvalue weighted by Crippen LogP contribution is -2.40. The smallest absolute Gasteiger partial charge is 0.410 e. The molecular formula is C22H28N2O5S. The Morgan fingerprint density at radius 3 is 2.27 bits per heavy atom. The van der Waals surface area contributed by atoms with E-state index >= 15 is 0 Å². The summed E-state index contributed by atoms with van der Waals surface area (Å²) in [5.41, 5.74) is 1.78. The Balaban J connectivity index is 1.49. The van der Waals surface area contributed by atoms with Crippen LogP contribution < -0.4 is 4.74 Å². The number of benzene rings is 1. The maximum Gasteiger partial charge on any atom is 0.410 e. The highest BCUT2D eigenvalue weighted by Gasteiger charge is 2.24. The number of nitrogens with zero attached hydrogens (tertiary/aromatic N) is 2. The van der Waals surface area contributed by atoms with Gasteiger partial charge in [0.25, 0.3) is 0 Å². The molecule has 0 saturated carbocycles. The van der Waals surface area contributed by atoms with Gasteiger partial charge in [-0.1, -0.05) is 12.1 Å². The molecule has 2 heterocycles. The molecule has 0 N–H and O–H groups in total. The summed E-state index contributed by atoms with van der Waals surface area (Å²) in [5.74, 6) is 0.922. The second-order valence-electron chi connectivity index (χ2n) is 7.86. The fraction of sp³-hybridized carbons (Fsp3) is 0.455. The molecule has 7 nitrogen and oxygen atoms in total. The maximum absolute atomic E-state index is 11.9. The van der Waals surface area contributed by atoms with Gasteiger partial charge in [0.05, 0.1) is 17.6 Å². The zero-order chi connectivity index (χ0) is 21.7. The van der Waals surface area contributed by atoms with Gasteiger partial charge in [-0.05, 0) is 56.4 Å². The zero-order valence-electron chi connectivity index (χ0n) is 17.6. The van der Waals surface area contributed by atoms with Gasteiger partial charge in [-0.2, -0.15) is 0 Å². The van der Waals surface area contributed by atoms with Gasteiger partial charge in [0.15, 0.2) is 9.84 Å². The van der Waals surface area contributed by atoms with E-state index in [0.29, 0.717) is 36.4 Å². The first-order chi connectivity index (χ1) is 14.2. The van der Waals surface area contributed by atoms with Crippen LogP contribution in [0.15, 0.2) is 47.5 Å². The zero-order valence-corrected chi connectivity index (χ0v) is 18.4. The van der Waals surface area contributed by atoms with Crippen molar-refractivity contribution in [1.29, 1.82) is 0 Å². The Morgan fingerprint density at radius 2 is 1.73 bits per heavy atom. The molecule has 0 radical (unpaired) electrons. The first-order valence-electron chi connectivity index (χ1n) is 10.1. The number of carbonyl (C=O) groups is 1. The summed E-state index contributed by atoms with van der Waals surface area (Å²) in [6.07, 6.45) is 4.30. The fourth-order valence-corrected chi connectivity index (χ4v) is 3.92. The lowest BCUT2D eigenvalue weighted by Gasteiger charge is -2.31. The summed E-state index contributed by atoms with van der Waals surface area (Å²) in [5, 5.41) is 0. The minimum Gasteiger partial charge on any atom is -0.477 e. The van der Waals surface area contributed by atoms with Crippen LogP contribution in [0.1, 0.15) is 26.7 Å². The Labute approximate surface area is 177 Å². The van der Waals surface area contributed by atoms with Crippen LogP contribution in [0.5, 0.6) is 5.88 Å². The molecule has 8 heteroatoms. The molecule has 3 rings (SSSR count). The second-order valence-corrected chi connectivity index (χ2v) is 9.87. The van der Waals surface area contributed by atoms with Gasteiger partial charge in [0.2, 0.25) is 5.88 Å². The molecule has 2 aromatic rings. The van der Waals surface area contributed by atoms with E-state index in [1.165, 1.54) is 6.26 Å². The largest absolute Gasteiger partial charge is 0.477 e. The molecule has 1 aromatic heterocycles. The molecule has 1 aromatic carbocycles. The van der Waals surface area contributed by atoms with E-state index in [9.17, 15) is 13.2 Å². The predicted molar refractivity (Wildman–Crippen MR) is 114 cm³/mol. The van der Waals surface area contributed by atoms with Gasteiger partial charge in [0, 0.05) is 37.2 Å². The number of likely N-dealkylation sites (tertiary alicyclic amines) is 1. The monoisotopic (exact) mass is 432 g/mol. The number of sulfone groups is 1. The topological polar surface area (TPSA) is 85.8 Å². The Morgan fingerprint density at radius 1 is 1.10 bits per heavy atom. The standard InChI is InChI=1S/C22H28N2O5S/c1-16(2)29-22(25)24-12-10-17(11-13-24)15-28-21-9-6-19(14-23-21)18-4-7-20(8-5-18)30(3,26)27/h4-9,14,16-17H,10-13,15H2,1-3H3. The van der Waals surface area contributed by atoms with Crippen LogP contribution in [-0.2, 0) is 14.6 Å². The van der Waals surface area contributed by atoms with Crippen molar-refractivity contribution in [1.82, 2.24) is 9.88 Å². The van der Waals surface area contributed by atoms with Crippen LogP contribution in [0.2, 0.25) is 0 Å². The first kappa shape index (κ1) is 22.1. The molecule has 1 aliphatic heterocycles. The molecule has 0 atom stereocenters. The normalized spacial score (nSPS) is 15.3. The van der Waals surface area contributed by atoms with Crippen LogP contribution in [0.4, 0.5) is 4.79 Å². The number of hydrogen-bond acceptors (Lipinski definition) is 6. The van der Waals surface area contributed by atoms with Gasteiger partial charge >= 0.3 is 6.09 Å². The highest BCUT2D eigenvalue weighted by atomic mass is 32.2. The van der Waals surface area contributed by atoms with Gasteiger partial charge in [0.1, 0.15) is 0 Å². The Bertz CT molecular complexity index is 948. The third kappa shape index (κ3) is 5.95. The molecular weight excluding hydrogens is 404 g/mol. The Hall–Kier alpha value is -2.61. The number of pyridine rings is 1. The van der Waals surface area contributed by atoms with E-state index in [4.69, 9.17) is 9.47 Å². The summed E-state index contributed by atoms with van der Waals surface area (Å²) < 4.78 is 34.2. The predicted octanol–water partition coefficient (Wildman–Crippen LogP) is 3.79. The van der Waals surface area contributed by atoms with Crippen molar-refractivity contribution in [3.8, 4) is 17.0 Å². The fourth-order valence-electron chi connectivity index (χ4n) is 3.29. The van der Waals surface area contributed by atoms with E-state index in [1.807, 2.05) is 26.0 Å². The number of amides is 1. The van der Waals surface area contributed by atoms with Crippen molar-refractivity contribution < 1.29 is 22.7 Å². The maximum atomic E-state index is 11.9. The van der Waals surface area contributed by atoms with E-state index in [1.54, 1.807) is 35.4 Å². The molecule has 0 unspecified atom stereocenters. The average Bonchev–Trinajstić information content (AvgIpc) is 2.72. The molecule has 0 bridgehead atoms. The van der Waals surface area contributed by atoms with Crippen molar-refractivity contribution in [3.05, 3.63) is 42.6 Å². The number of hydrogen-bond donors (Lipinski definition) is 0. The summed E-state index contributed by atoms with van der Waals surface area (Å²) in [6, 6.07) is 10.5.